The Morgan fingerprint density at radius 3 is 2.21 bits per heavy atom. The Morgan fingerprint density at radius 2 is 1.68 bits per heavy atom. The fourth-order valence-electron chi connectivity index (χ4n) is 1.11. The summed E-state index contributed by atoms with van der Waals surface area (Å²) in [5.41, 5.74) is 0. The quantitative estimate of drug-likeness (QED) is 0.796. The monoisotopic (exact) mass is 279 g/mol. The van der Waals surface area contributed by atoms with Crippen molar-refractivity contribution in [2.75, 3.05) is 30.3 Å². The van der Waals surface area contributed by atoms with Crippen molar-refractivity contribution in [3.63, 3.8) is 0 Å². The topological polar surface area (TPSA) is 72.0 Å². The van der Waals surface area contributed by atoms with Gasteiger partial charge in [-0.05, 0) is 13.3 Å². The van der Waals surface area contributed by atoms with Crippen molar-refractivity contribution < 1.29 is 17.9 Å². The maximum absolute atomic E-state index is 12.1. The first-order chi connectivity index (χ1) is 8.94. The normalized spacial score (nSPS) is 11.2. The SMILES string of the molecule is CCCOc1nc(NCC)nc(NCC(F)(F)F)n1. The molecule has 0 spiro atoms. The van der Waals surface area contributed by atoms with Crippen LogP contribution in [0.5, 0.6) is 6.01 Å². The van der Waals surface area contributed by atoms with E-state index < -0.39 is 12.7 Å². The van der Waals surface area contributed by atoms with Gasteiger partial charge in [0.15, 0.2) is 0 Å². The van der Waals surface area contributed by atoms with Crippen LogP contribution in [0.4, 0.5) is 25.1 Å². The molecule has 1 aromatic heterocycles. The van der Waals surface area contributed by atoms with E-state index in [9.17, 15) is 13.2 Å². The Balaban J connectivity index is 2.79. The van der Waals surface area contributed by atoms with Crippen LogP contribution in [0.2, 0.25) is 0 Å². The van der Waals surface area contributed by atoms with Gasteiger partial charge in [0.1, 0.15) is 6.54 Å². The van der Waals surface area contributed by atoms with Crippen molar-refractivity contribution in [1.29, 1.82) is 0 Å². The Morgan fingerprint density at radius 1 is 1.05 bits per heavy atom. The zero-order chi connectivity index (χ0) is 14.3. The summed E-state index contributed by atoms with van der Waals surface area (Å²) in [5, 5.41) is 4.89. The predicted octanol–water partition coefficient (Wildman–Crippen LogP) is 2.07. The fraction of sp³-hybridized carbons (Fsp3) is 0.700. The van der Waals surface area contributed by atoms with Crippen molar-refractivity contribution in [3.05, 3.63) is 0 Å². The van der Waals surface area contributed by atoms with Gasteiger partial charge in [0, 0.05) is 6.54 Å². The first-order valence-electron chi connectivity index (χ1n) is 5.88. The molecule has 0 aliphatic carbocycles. The van der Waals surface area contributed by atoms with Crippen LogP contribution in [0.3, 0.4) is 0 Å². The second-order valence-corrected chi connectivity index (χ2v) is 3.61. The highest BCUT2D eigenvalue weighted by Crippen LogP contribution is 2.16. The van der Waals surface area contributed by atoms with E-state index in [1.807, 2.05) is 13.8 Å². The highest BCUT2D eigenvalue weighted by atomic mass is 19.4. The second-order valence-electron chi connectivity index (χ2n) is 3.61. The van der Waals surface area contributed by atoms with Gasteiger partial charge in [-0.25, -0.2) is 0 Å². The van der Waals surface area contributed by atoms with Crippen LogP contribution in [0.1, 0.15) is 20.3 Å². The highest BCUT2D eigenvalue weighted by Gasteiger charge is 2.27. The summed E-state index contributed by atoms with van der Waals surface area (Å²) in [6.45, 7) is 3.43. The molecular weight excluding hydrogens is 263 g/mol. The maximum Gasteiger partial charge on any atom is 0.405 e. The van der Waals surface area contributed by atoms with Crippen molar-refractivity contribution >= 4 is 11.9 Å². The molecule has 2 N–H and O–H groups in total. The predicted molar refractivity (Wildman–Crippen MR) is 64.3 cm³/mol. The minimum atomic E-state index is -4.34. The van der Waals surface area contributed by atoms with Crippen LogP contribution in [0.15, 0.2) is 0 Å². The van der Waals surface area contributed by atoms with E-state index in [-0.39, 0.29) is 17.9 Å². The molecule has 0 saturated carbocycles. The van der Waals surface area contributed by atoms with Gasteiger partial charge >= 0.3 is 12.2 Å². The highest BCUT2D eigenvalue weighted by molar-refractivity contribution is 5.35. The number of hydrogen-bond donors (Lipinski definition) is 2. The number of halogens is 3. The smallest absolute Gasteiger partial charge is 0.405 e. The maximum atomic E-state index is 12.1. The number of nitrogens with zero attached hydrogens (tertiary/aromatic N) is 3. The molecule has 0 aliphatic heterocycles. The van der Waals surface area contributed by atoms with Crippen LogP contribution in [-0.2, 0) is 0 Å². The summed E-state index contributed by atoms with van der Waals surface area (Å²) in [6, 6.07) is -0.00234. The van der Waals surface area contributed by atoms with Gasteiger partial charge in [-0.15, -0.1) is 0 Å². The Labute approximate surface area is 108 Å². The first kappa shape index (κ1) is 15.3. The molecule has 1 heterocycles. The summed E-state index contributed by atoms with van der Waals surface area (Å²) >= 11 is 0. The average molecular weight is 279 g/mol. The van der Waals surface area contributed by atoms with E-state index in [1.54, 1.807) is 0 Å². The van der Waals surface area contributed by atoms with Gasteiger partial charge in [-0.1, -0.05) is 6.92 Å². The number of alkyl halides is 3. The molecule has 0 aromatic carbocycles. The number of nitrogens with one attached hydrogen (secondary N) is 2. The number of rotatable bonds is 7. The third kappa shape index (κ3) is 6.07. The van der Waals surface area contributed by atoms with Crippen LogP contribution in [-0.4, -0.2) is 40.8 Å². The summed E-state index contributed by atoms with van der Waals surface area (Å²) < 4.78 is 41.5. The third-order valence-electron chi connectivity index (χ3n) is 1.83. The minimum Gasteiger partial charge on any atom is -0.463 e. The Kier molecular flexibility index (Phi) is 5.58. The standard InChI is InChI=1S/C10H16F3N5O/c1-3-5-19-9-17-7(14-4-2)16-8(18-9)15-6-10(11,12)13/h3-6H2,1-2H3,(H2,14,15,16,17,18). The lowest BCUT2D eigenvalue weighted by molar-refractivity contribution is -0.115. The van der Waals surface area contributed by atoms with E-state index in [0.29, 0.717) is 13.2 Å². The molecule has 0 unspecified atom stereocenters. The van der Waals surface area contributed by atoms with Gasteiger partial charge in [0.25, 0.3) is 0 Å². The van der Waals surface area contributed by atoms with Gasteiger partial charge in [0.2, 0.25) is 11.9 Å². The van der Waals surface area contributed by atoms with Gasteiger partial charge in [-0.2, -0.15) is 28.1 Å². The molecule has 0 bridgehead atoms. The minimum absolute atomic E-state index is 0.00234. The molecule has 0 saturated heterocycles. The number of ether oxygens (including phenoxy) is 1. The summed E-state index contributed by atoms with van der Waals surface area (Å²) in [6.07, 6.45) is -3.59. The van der Waals surface area contributed by atoms with Crippen molar-refractivity contribution in [2.24, 2.45) is 0 Å². The van der Waals surface area contributed by atoms with E-state index in [2.05, 4.69) is 25.6 Å². The molecule has 0 radical (unpaired) electrons. The molecule has 0 atom stereocenters. The molecule has 0 fully saturated rings. The molecule has 0 aliphatic rings. The molecule has 9 heteroatoms. The number of anilines is 2. The largest absolute Gasteiger partial charge is 0.463 e. The first-order valence-corrected chi connectivity index (χ1v) is 5.88. The van der Waals surface area contributed by atoms with E-state index in [1.165, 1.54) is 0 Å². The van der Waals surface area contributed by atoms with E-state index in [0.717, 1.165) is 6.42 Å². The van der Waals surface area contributed by atoms with Crippen LogP contribution < -0.4 is 15.4 Å². The lowest BCUT2D eigenvalue weighted by Gasteiger charge is -2.11. The van der Waals surface area contributed by atoms with Crippen LogP contribution >= 0.6 is 0 Å². The van der Waals surface area contributed by atoms with Crippen molar-refractivity contribution in [3.8, 4) is 6.01 Å². The molecule has 0 amide bonds. The molecular formula is C10H16F3N5O. The van der Waals surface area contributed by atoms with E-state index in [4.69, 9.17) is 4.74 Å². The van der Waals surface area contributed by atoms with Crippen LogP contribution in [0.25, 0.3) is 0 Å². The number of hydrogen-bond acceptors (Lipinski definition) is 6. The Bertz CT molecular complexity index is 399. The summed E-state index contributed by atoms with van der Waals surface area (Å²) in [7, 11) is 0. The lowest BCUT2D eigenvalue weighted by Crippen LogP contribution is -2.23. The fourth-order valence-corrected chi connectivity index (χ4v) is 1.11. The zero-order valence-electron chi connectivity index (χ0n) is 10.7. The lowest BCUT2D eigenvalue weighted by atomic mass is 10.5. The summed E-state index contributed by atoms with van der Waals surface area (Å²) in [4.78, 5) is 11.5. The third-order valence-corrected chi connectivity index (χ3v) is 1.83. The second kappa shape index (κ2) is 6.95. The molecule has 108 valence electrons. The Hall–Kier alpha value is -1.80. The molecule has 19 heavy (non-hydrogen) atoms. The van der Waals surface area contributed by atoms with Crippen molar-refractivity contribution in [1.82, 2.24) is 15.0 Å². The average Bonchev–Trinajstić information content (AvgIpc) is 2.33. The van der Waals surface area contributed by atoms with Gasteiger partial charge in [0.05, 0.1) is 6.61 Å². The molecule has 6 nitrogen and oxygen atoms in total. The summed E-state index contributed by atoms with van der Waals surface area (Å²) in [5.74, 6) is 0.00246. The van der Waals surface area contributed by atoms with E-state index >= 15 is 0 Å². The van der Waals surface area contributed by atoms with Crippen molar-refractivity contribution in [2.45, 2.75) is 26.4 Å². The molecule has 1 aromatic rings. The number of aromatic nitrogens is 3. The molecule has 1 rings (SSSR count). The zero-order valence-corrected chi connectivity index (χ0v) is 10.7. The van der Waals surface area contributed by atoms with Gasteiger partial charge < -0.3 is 15.4 Å². The van der Waals surface area contributed by atoms with Gasteiger partial charge in [-0.3, -0.25) is 0 Å². The van der Waals surface area contributed by atoms with Crippen LogP contribution in [0, 0.1) is 0 Å².